The third-order valence-electron chi connectivity index (χ3n) is 5.45. The molecule has 2 aromatic carbocycles. The maximum absolute atomic E-state index is 13.0. The first-order valence-corrected chi connectivity index (χ1v) is 13.5. The Balaban J connectivity index is 1.45. The van der Waals surface area contributed by atoms with Crippen molar-refractivity contribution in [1.82, 2.24) is 9.29 Å². The van der Waals surface area contributed by atoms with Crippen molar-refractivity contribution < 1.29 is 13.2 Å². The predicted molar refractivity (Wildman–Crippen MR) is 131 cm³/mol. The van der Waals surface area contributed by atoms with E-state index < -0.39 is 10.0 Å². The van der Waals surface area contributed by atoms with E-state index in [0.29, 0.717) is 35.6 Å². The number of anilines is 1. The Hall–Kier alpha value is -2.07. The summed E-state index contributed by atoms with van der Waals surface area (Å²) in [5, 5.41) is 5.16. The van der Waals surface area contributed by atoms with Gasteiger partial charge in [0.05, 0.1) is 10.6 Å². The zero-order chi connectivity index (χ0) is 22.9. The van der Waals surface area contributed by atoms with Crippen LogP contribution in [0.3, 0.4) is 0 Å². The van der Waals surface area contributed by atoms with Crippen molar-refractivity contribution in [2.45, 2.75) is 25.2 Å². The molecule has 168 valence electrons. The average molecular weight is 535 g/mol. The Bertz CT molecular complexity index is 1200. The molecule has 0 saturated carbocycles. The number of aromatic nitrogens is 1. The molecule has 1 aromatic heterocycles. The molecule has 1 aliphatic rings. The summed E-state index contributed by atoms with van der Waals surface area (Å²) in [6.45, 7) is 5.21. The molecule has 0 aliphatic carbocycles. The molecule has 0 unspecified atom stereocenters. The highest BCUT2D eigenvalue weighted by Crippen LogP contribution is 2.28. The van der Waals surface area contributed by atoms with Crippen molar-refractivity contribution in [3.63, 3.8) is 0 Å². The minimum Gasteiger partial charge on any atom is -0.298 e. The number of hydrogen-bond donors (Lipinski definition) is 1. The van der Waals surface area contributed by atoms with Gasteiger partial charge in [-0.3, -0.25) is 10.1 Å². The van der Waals surface area contributed by atoms with Gasteiger partial charge in [0.15, 0.2) is 5.13 Å². The van der Waals surface area contributed by atoms with Gasteiger partial charge in [-0.05, 0) is 54.7 Å². The van der Waals surface area contributed by atoms with Gasteiger partial charge in [-0.1, -0.05) is 41.9 Å². The molecule has 4 rings (SSSR count). The third kappa shape index (κ3) is 5.11. The predicted octanol–water partition coefficient (Wildman–Crippen LogP) is 5.49. The lowest BCUT2D eigenvalue weighted by atomic mass is 9.94. The Morgan fingerprint density at radius 3 is 2.31 bits per heavy atom. The van der Waals surface area contributed by atoms with Gasteiger partial charge in [-0.2, -0.15) is 4.31 Å². The van der Waals surface area contributed by atoms with Crippen molar-refractivity contribution in [2.75, 3.05) is 18.4 Å². The number of carbonyl (C=O) groups excluding carboxylic acids is 1. The standard InChI is InChI=1S/C23H24BrN3O3S2/c1-15-11-16(2)13-27(12-15)32(29,30)20-9-5-18(6-10-20)22(28)26-23-25-21(14-31-23)17-3-7-19(24)8-4-17/h3-10,14-16H,11-13H2,1-2H3,(H,25,26,28)/t15-,16-/m0/s1. The second-order valence-electron chi connectivity index (χ2n) is 8.29. The molecule has 3 aromatic rings. The number of hydrogen-bond acceptors (Lipinski definition) is 5. The lowest BCUT2D eigenvalue weighted by molar-refractivity contribution is 0.102. The van der Waals surface area contributed by atoms with E-state index in [1.807, 2.05) is 29.6 Å². The van der Waals surface area contributed by atoms with Gasteiger partial charge < -0.3 is 0 Å². The van der Waals surface area contributed by atoms with Crippen molar-refractivity contribution in [1.29, 1.82) is 0 Å². The van der Waals surface area contributed by atoms with Crippen LogP contribution >= 0.6 is 27.3 Å². The van der Waals surface area contributed by atoms with Crippen molar-refractivity contribution in [3.8, 4) is 11.3 Å². The van der Waals surface area contributed by atoms with Gasteiger partial charge in [-0.15, -0.1) is 11.3 Å². The summed E-state index contributed by atoms with van der Waals surface area (Å²) < 4.78 is 28.6. The zero-order valence-electron chi connectivity index (χ0n) is 17.8. The van der Waals surface area contributed by atoms with Gasteiger partial charge in [0.2, 0.25) is 10.0 Å². The second kappa shape index (κ2) is 9.43. The van der Waals surface area contributed by atoms with E-state index in [2.05, 4.69) is 40.1 Å². The van der Waals surface area contributed by atoms with Gasteiger partial charge >= 0.3 is 0 Å². The monoisotopic (exact) mass is 533 g/mol. The average Bonchev–Trinajstić information content (AvgIpc) is 3.22. The van der Waals surface area contributed by atoms with Crippen molar-refractivity contribution in [2.24, 2.45) is 11.8 Å². The molecule has 9 heteroatoms. The number of halogens is 1. The fraction of sp³-hybridized carbons (Fsp3) is 0.304. The minimum absolute atomic E-state index is 0.210. The Kier molecular flexibility index (Phi) is 6.80. The lowest BCUT2D eigenvalue weighted by Crippen LogP contribution is -2.42. The summed E-state index contributed by atoms with van der Waals surface area (Å²) in [5.41, 5.74) is 2.12. The number of nitrogens with zero attached hydrogens (tertiary/aromatic N) is 2. The summed E-state index contributed by atoms with van der Waals surface area (Å²) >= 11 is 4.75. The molecular formula is C23H24BrN3O3S2. The molecule has 1 saturated heterocycles. The number of carbonyl (C=O) groups is 1. The maximum Gasteiger partial charge on any atom is 0.257 e. The van der Waals surface area contributed by atoms with Crippen LogP contribution in [0.1, 0.15) is 30.6 Å². The quantitative estimate of drug-likeness (QED) is 0.470. The Morgan fingerprint density at radius 1 is 1.06 bits per heavy atom. The fourth-order valence-corrected chi connectivity index (χ4v) is 6.64. The number of rotatable bonds is 5. The zero-order valence-corrected chi connectivity index (χ0v) is 21.0. The van der Waals surface area contributed by atoms with Gasteiger partial charge in [0.1, 0.15) is 0 Å². The van der Waals surface area contributed by atoms with E-state index in [1.165, 1.54) is 23.5 Å². The molecule has 1 N–H and O–H groups in total. The largest absolute Gasteiger partial charge is 0.298 e. The highest BCUT2D eigenvalue weighted by molar-refractivity contribution is 9.10. The highest BCUT2D eigenvalue weighted by atomic mass is 79.9. The van der Waals surface area contributed by atoms with Gasteiger partial charge in [-0.25, -0.2) is 13.4 Å². The maximum atomic E-state index is 13.0. The van der Waals surface area contributed by atoms with E-state index in [-0.39, 0.29) is 10.8 Å². The molecule has 1 aliphatic heterocycles. The normalized spacial score (nSPS) is 19.6. The molecule has 2 heterocycles. The van der Waals surface area contributed by atoms with E-state index in [9.17, 15) is 13.2 Å². The lowest BCUT2D eigenvalue weighted by Gasteiger charge is -2.34. The molecule has 1 amide bonds. The highest BCUT2D eigenvalue weighted by Gasteiger charge is 2.31. The first-order chi connectivity index (χ1) is 15.2. The summed E-state index contributed by atoms with van der Waals surface area (Å²) in [7, 11) is -3.57. The van der Waals surface area contributed by atoms with Crippen LogP contribution in [0.4, 0.5) is 5.13 Å². The number of benzene rings is 2. The summed E-state index contributed by atoms with van der Waals surface area (Å²) in [4.78, 5) is 17.3. The molecule has 6 nitrogen and oxygen atoms in total. The minimum atomic E-state index is -3.57. The second-order valence-corrected chi connectivity index (χ2v) is 12.0. The Morgan fingerprint density at radius 2 is 1.69 bits per heavy atom. The van der Waals surface area contributed by atoms with E-state index >= 15 is 0 Å². The van der Waals surface area contributed by atoms with E-state index in [1.54, 1.807) is 16.4 Å². The van der Waals surface area contributed by atoms with Crippen LogP contribution in [0, 0.1) is 11.8 Å². The number of thiazole rings is 1. The van der Waals surface area contributed by atoms with Crippen LogP contribution in [0.5, 0.6) is 0 Å². The number of piperidine rings is 1. The van der Waals surface area contributed by atoms with Crippen molar-refractivity contribution in [3.05, 3.63) is 63.9 Å². The molecule has 32 heavy (non-hydrogen) atoms. The Labute approximate surface area is 200 Å². The smallest absolute Gasteiger partial charge is 0.257 e. The number of amides is 1. The van der Waals surface area contributed by atoms with E-state index in [4.69, 9.17) is 0 Å². The van der Waals surface area contributed by atoms with Crippen molar-refractivity contribution >= 4 is 48.3 Å². The number of nitrogens with one attached hydrogen (secondary N) is 1. The topological polar surface area (TPSA) is 79.4 Å². The van der Waals surface area contributed by atoms with Crippen LogP contribution in [0.25, 0.3) is 11.3 Å². The summed E-state index contributed by atoms with van der Waals surface area (Å²) in [6, 6.07) is 13.9. The van der Waals surface area contributed by atoms with Gasteiger partial charge in [0.25, 0.3) is 5.91 Å². The molecule has 0 spiro atoms. The van der Waals surface area contributed by atoms with Gasteiger partial charge in [0, 0.05) is 34.1 Å². The van der Waals surface area contributed by atoms with Crippen LogP contribution in [0.15, 0.2) is 63.3 Å². The third-order valence-corrected chi connectivity index (χ3v) is 8.59. The summed E-state index contributed by atoms with van der Waals surface area (Å²) in [5.74, 6) is 0.337. The SMILES string of the molecule is C[C@H]1C[C@H](C)CN(S(=O)(=O)c2ccc(C(=O)Nc3nc(-c4ccc(Br)cc4)cs3)cc2)C1. The van der Waals surface area contributed by atoms with E-state index in [0.717, 1.165) is 22.2 Å². The first-order valence-electron chi connectivity index (χ1n) is 10.4. The van der Waals surface area contributed by atoms with Crippen LogP contribution < -0.4 is 5.32 Å². The molecule has 2 atom stereocenters. The van der Waals surface area contributed by atoms with Crippen LogP contribution in [-0.4, -0.2) is 36.7 Å². The van der Waals surface area contributed by atoms with Crippen LogP contribution in [-0.2, 0) is 10.0 Å². The molecule has 0 radical (unpaired) electrons. The molecule has 1 fully saturated rings. The fourth-order valence-electron chi connectivity index (χ4n) is 3.98. The first kappa shape index (κ1) is 23.1. The summed E-state index contributed by atoms with van der Waals surface area (Å²) in [6.07, 6.45) is 1.03. The van der Waals surface area contributed by atoms with Crippen LogP contribution in [0.2, 0.25) is 0 Å². The molecular weight excluding hydrogens is 510 g/mol. The molecule has 0 bridgehead atoms. The number of sulfonamides is 1.